The summed E-state index contributed by atoms with van der Waals surface area (Å²) in [6.45, 7) is 4.42. The molecule has 1 aromatic carbocycles. The van der Waals surface area contributed by atoms with Crippen molar-refractivity contribution in [2.45, 2.75) is 25.7 Å². The van der Waals surface area contributed by atoms with Crippen molar-refractivity contribution >= 4 is 10.9 Å². The first-order valence-corrected chi connectivity index (χ1v) is 6.41. The van der Waals surface area contributed by atoms with E-state index in [4.69, 9.17) is 4.98 Å². The van der Waals surface area contributed by atoms with Gasteiger partial charge in [-0.3, -0.25) is 4.98 Å². The van der Waals surface area contributed by atoms with E-state index in [-0.39, 0.29) is 0 Å². The lowest BCUT2D eigenvalue weighted by Crippen LogP contribution is -2.29. The highest BCUT2D eigenvalue weighted by atomic mass is 14.9. The highest BCUT2D eigenvalue weighted by Gasteiger charge is 2.18. The van der Waals surface area contributed by atoms with Gasteiger partial charge in [-0.2, -0.15) is 0 Å². The fourth-order valence-corrected chi connectivity index (χ4v) is 2.74. The van der Waals surface area contributed by atoms with Gasteiger partial charge in [0.2, 0.25) is 0 Å². The average Bonchev–Trinajstić information content (AvgIpc) is 2.39. The highest BCUT2D eigenvalue weighted by molar-refractivity contribution is 5.79. The molecule has 2 heterocycles. The number of aryl methyl sites for hydroxylation is 1. The fourth-order valence-electron chi connectivity index (χ4n) is 2.74. The lowest BCUT2D eigenvalue weighted by molar-refractivity contribution is 0.454. The molecule has 1 aromatic heterocycles. The predicted octanol–water partition coefficient (Wildman–Crippen LogP) is 3.01. The molecule has 0 saturated carbocycles. The van der Waals surface area contributed by atoms with E-state index in [0.717, 1.165) is 18.6 Å². The third-order valence-electron chi connectivity index (χ3n) is 3.64. The van der Waals surface area contributed by atoms with Gasteiger partial charge in [0.1, 0.15) is 0 Å². The van der Waals surface area contributed by atoms with Gasteiger partial charge in [-0.1, -0.05) is 18.2 Å². The Morgan fingerprint density at radius 1 is 1.29 bits per heavy atom. The van der Waals surface area contributed by atoms with Gasteiger partial charge in [0, 0.05) is 23.5 Å². The first kappa shape index (κ1) is 10.7. The first-order chi connectivity index (χ1) is 8.34. The molecule has 1 unspecified atom stereocenters. The van der Waals surface area contributed by atoms with Gasteiger partial charge in [0.15, 0.2) is 0 Å². The van der Waals surface area contributed by atoms with Crippen LogP contribution in [-0.4, -0.2) is 18.1 Å². The molecule has 1 atom stereocenters. The minimum absolute atomic E-state index is 0.591. The standard InChI is InChI=1S/C15H18N2/c1-11-9-12-5-2-3-7-14(12)17-15(11)13-6-4-8-16-10-13/h2-3,5,7,9,13,16H,4,6,8,10H2,1H3. The van der Waals surface area contributed by atoms with Crippen LogP contribution in [-0.2, 0) is 0 Å². The zero-order valence-corrected chi connectivity index (χ0v) is 10.2. The second-order valence-electron chi connectivity index (χ2n) is 4.93. The molecule has 0 radical (unpaired) electrons. The number of para-hydroxylation sites is 1. The van der Waals surface area contributed by atoms with Gasteiger partial charge < -0.3 is 5.32 Å². The number of rotatable bonds is 1. The maximum absolute atomic E-state index is 4.86. The summed E-state index contributed by atoms with van der Waals surface area (Å²) in [5.41, 5.74) is 3.74. The Balaban J connectivity index is 2.06. The Bertz CT molecular complexity index is 527. The number of nitrogens with one attached hydrogen (secondary N) is 1. The van der Waals surface area contributed by atoms with Gasteiger partial charge in [-0.15, -0.1) is 0 Å². The minimum Gasteiger partial charge on any atom is -0.316 e. The smallest absolute Gasteiger partial charge is 0.0705 e. The zero-order chi connectivity index (χ0) is 11.7. The van der Waals surface area contributed by atoms with Crippen LogP contribution >= 0.6 is 0 Å². The van der Waals surface area contributed by atoms with E-state index >= 15 is 0 Å². The maximum Gasteiger partial charge on any atom is 0.0705 e. The number of pyridine rings is 1. The molecule has 3 rings (SSSR count). The van der Waals surface area contributed by atoms with E-state index < -0.39 is 0 Å². The summed E-state index contributed by atoms with van der Waals surface area (Å²) in [5, 5.41) is 4.72. The van der Waals surface area contributed by atoms with E-state index in [2.05, 4.69) is 42.6 Å². The number of hydrogen-bond donors (Lipinski definition) is 1. The van der Waals surface area contributed by atoms with Crippen molar-refractivity contribution in [3.63, 3.8) is 0 Å². The molecule has 2 heteroatoms. The molecule has 1 fully saturated rings. The van der Waals surface area contributed by atoms with Crippen molar-refractivity contribution in [2.24, 2.45) is 0 Å². The van der Waals surface area contributed by atoms with Crippen LogP contribution in [0.4, 0.5) is 0 Å². The Labute approximate surface area is 102 Å². The van der Waals surface area contributed by atoms with E-state index in [0.29, 0.717) is 5.92 Å². The quantitative estimate of drug-likeness (QED) is 0.808. The van der Waals surface area contributed by atoms with Crippen LogP contribution in [0.3, 0.4) is 0 Å². The van der Waals surface area contributed by atoms with Crippen LogP contribution in [0, 0.1) is 6.92 Å². The van der Waals surface area contributed by atoms with Crippen LogP contribution in [0.15, 0.2) is 30.3 Å². The van der Waals surface area contributed by atoms with Crippen molar-refractivity contribution in [1.29, 1.82) is 0 Å². The van der Waals surface area contributed by atoms with E-state index in [1.165, 1.54) is 29.5 Å². The second-order valence-corrected chi connectivity index (χ2v) is 4.93. The SMILES string of the molecule is Cc1cc2ccccc2nc1C1CCCNC1. The molecule has 1 N–H and O–H groups in total. The summed E-state index contributed by atoms with van der Waals surface area (Å²) in [6, 6.07) is 10.7. The molecular weight excluding hydrogens is 208 g/mol. The third-order valence-corrected chi connectivity index (χ3v) is 3.64. The van der Waals surface area contributed by atoms with Crippen LogP contribution in [0.1, 0.15) is 30.0 Å². The Kier molecular flexibility index (Phi) is 2.81. The summed E-state index contributed by atoms with van der Waals surface area (Å²) < 4.78 is 0. The summed E-state index contributed by atoms with van der Waals surface area (Å²) in [4.78, 5) is 4.86. The summed E-state index contributed by atoms with van der Waals surface area (Å²) in [7, 11) is 0. The molecule has 1 aliphatic rings. The van der Waals surface area contributed by atoms with Crippen LogP contribution in [0.2, 0.25) is 0 Å². The Morgan fingerprint density at radius 3 is 3.00 bits per heavy atom. The van der Waals surface area contributed by atoms with Crippen molar-refractivity contribution < 1.29 is 0 Å². The minimum atomic E-state index is 0.591. The number of nitrogens with zero attached hydrogens (tertiary/aromatic N) is 1. The monoisotopic (exact) mass is 226 g/mol. The molecule has 2 nitrogen and oxygen atoms in total. The topological polar surface area (TPSA) is 24.9 Å². The van der Waals surface area contributed by atoms with Gasteiger partial charge >= 0.3 is 0 Å². The molecule has 0 aliphatic carbocycles. The zero-order valence-electron chi connectivity index (χ0n) is 10.2. The van der Waals surface area contributed by atoms with Crippen molar-refractivity contribution in [2.75, 3.05) is 13.1 Å². The summed E-state index contributed by atoms with van der Waals surface area (Å²) in [6.07, 6.45) is 2.53. The molecule has 0 bridgehead atoms. The maximum atomic E-state index is 4.86. The number of hydrogen-bond acceptors (Lipinski definition) is 2. The predicted molar refractivity (Wildman–Crippen MR) is 71.3 cm³/mol. The molecule has 1 aliphatic heterocycles. The number of benzene rings is 1. The Morgan fingerprint density at radius 2 is 2.18 bits per heavy atom. The van der Waals surface area contributed by atoms with Crippen LogP contribution in [0.25, 0.3) is 10.9 Å². The van der Waals surface area contributed by atoms with Gasteiger partial charge in [0.25, 0.3) is 0 Å². The lowest BCUT2D eigenvalue weighted by atomic mass is 9.92. The van der Waals surface area contributed by atoms with Gasteiger partial charge in [-0.25, -0.2) is 0 Å². The Hall–Kier alpha value is -1.41. The summed E-state index contributed by atoms with van der Waals surface area (Å²) >= 11 is 0. The fraction of sp³-hybridized carbons (Fsp3) is 0.400. The van der Waals surface area contributed by atoms with Crippen molar-refractivity contribution in [3.8, 4) is 0 Å². The van der Waals surface area contributed by atoms with E-state index in [1.54, 1.807) is 0 Å². The molecule has 2 aromatic rings. The molecular formula is C15H18N2. The van der Waals surface area contributed by atoms with Crippen LogP contribution in [0.5, 0.6) is 0 Å². The van der Waals surface area contributed by atoms with Gasteiger partial charge in [-0.05, 0) is 44.0 Å². The largest absolute Gasteiger partial charge is 0.316 e. The number of piperidine rings is 1. The molecule has 88 valence electrons. The number of fused-ring (bicyclic) bond motifs is 1. The molecule has 1 saturated heterocycles. The van der Waals surface area contributed by atoms with Crippen molar-refractivity contribution in [1.82, 2.24) is 10.3 Å². The molecule has 0 spiro atoms. The van der Waals surface area contributed by atoms with E-state index in [9.17, 15) is 0 Å². The van der Waals surface area contributed by atoms with Gasteiger partial charge in [0.05, 0.1) is 5.52 Å². The lowest BCUT2D eigenvalue weighted by Gasteiger charge is -2.23. The first-order valence-electron chi connectivity index (χ1n) is 6.41. The average molecular weight is 226 g/mol. The van der Waals surface area contributed by atoms with Crippen LogP contribution < -0.4 is 5.32 Å². The normalized spacial score (nSPS) is 20.6. The molecule has 0 amide bonds. The molecule has 17 heavy (non-hydrogen) atoms. The third kappa shape index (κ3) is 2.05. The van der Waals surface area contributed by atoms with E-state index in [1.807, 2.05) is 0 Å². The second kappa shape index (κ2) is 4.46. The highest BCUT2D eigenvalue weighted by Crippen LogP contribution is 2.26. The number of aromatic nitrogens is 1. The van der Waals surface area contributed by atoms with Crippen molar-refractivity contribution in [3.05, 3.63) is 41.6 Å². The summed E-state index contributed by atoms with van der Waals surface area (Å²) in [5.74, 6) is 0.591.